The van der Waals surface area contributed by atoms with Crippen LogP contribution in [0.25, 0.3) is 33.6 Å². The predicted molar refractivity (Wildman–Crippen MR) is 157 cm³/mol. The Morgan fingerprint density at radius 1 is 1.02 bits per heavy atom. The molecule has 10 nitrogen and oxygen atoms in total. The molecule has 0 spiro atoms. The monoisotopic (exact) mass is 569 g/mol. The number of aromatic nitrogens is 3. The fourth-order valence-electron chi connectivity index (χ4n) is 5.83. The molecule has 2 aromatic carbocycles. The van der Waals surface area contributed by atoms with Gasteiger partial charge >= 0.3 is 6.09 Å². The minimum absolute atomic E-state index is 0.220. The molecule has 1 fully saturated rings. The molecule has 0 unspecified atom stereocenters. The van der Waals surface area contributed by atoms with Crippen LogP contribution in [-0.4, -0.2) is 64.8 Å². The van der Waals surface area contributed by atoms with E-state index in [0.717, 1.165) is 52.3 Å². The zero-order chi connectivity index (χ0) is 29.2. The summed E-state index contributed by atoms with van der Waals surface area (Å²) >= 11 is 0. The Kier molecular flexibility index (Phi) is 7.82. The first-order valence-corrected chi connectivity index (χ1v) is 14.2. The summed E-state index contributed by atoms with van der Waals surface area (Å²) in [6, 6.07) is 15.8. The Hall–Kier alpha value is -4.41. The van der Waals surface area contributed by atoms with Gasteiger partial charge in [0.05, 0.1) is 50.1 Å². The standard InChI is InChI=1S/C32H35N5O5/c1-19(40-2)28(36-32(39)41-3)31(38)37-14-4-5-27(37)30-34-16-26(35-30)22-10-6-20(7-11-22)21-8-12-23(13-9-21)29-25-18-42-17-24(25)15-33-29/h6-13,15-16,19,27-28,33H,4-5,14,17-18H2,1-3H3,(H,34,35)(H,36,39)/t19-,27+,28+/m1/s1. The number of hydrogen-bond acceptors (Lipinski definition) is 6. The minimum Gasteiger partial charge on any atom is -0.453 e. The van der Waals surface area contributed by atoms with Crippen molar-refractivity contribution in [3.63, 3.8) is 0 Å². The Bertz CT molecular complexity index is 1560. The number of amides is 2. The number of carbonyl (C=O) groups excluding carboxylic acids is 2. The number of H-pyrrole nitrogens is 2. The highest BCUT2D eigenvalue weighted by Crippen LogP contribution is 2.34. The van der Waals surface area contributed by atoms with Gasteiger partial charge in [-0.2, -0.15) is 0 Å². The van der Waals surface area contributed by atoms with Gasteiger partial charge < -0.3 is 34.4 Å². The van der Waals surface area contributed by atoms with E-state index in [0.29, 0.717) is 19.8 Å². The second-order valence-electron chi connectivity index (χ2n) is 10.7. The molecule has 218 valence electrons. The molecule has 3 N–H and O–H groups in total. The first-order valence-electron chi connectivity index (χ1n) is 14.2. The zero-order valence-corrected chi connectivity index (χ0v) is 24.0. The number of carbonyl (C=O) groups is 2. The van der Waals surface area contributed by atoms with Crippen molar-refractivity contribution in [2.45, 2.75) is 51.2 Å². The quantitative estimate of drug-likeness (QED) is 0.269. The van der Waals surface area contributed by atoms with Crippen LogP contribution in [0.2, 0.25) is 0 Å². The Morgan fingerprint density at radius 3 is 2.40 bits per heavy atom. The minimum atomic E-state index is -0.864. The summed E-state index contributed by atoms with van der Waals surface area (Å²) in [6.45, 7) is 3.65. The molecule has 0 radical (unpaired) electrons. The first kappa shape index (κ1) is 27.7. The maximum absolute atomic E-state index is 13.5. The molecule has 0 saturated carbocycles. The number of likely N-dealkylation sites (tertiary alicyclic amines) is 1. The van der Waals surface area contributed by atoms with E-state index in [1.807, 2.05) is 6.20 Å². The highest BCUT2D eigenvalue weighted by atomic mass is 16.5. The third kappa shape index (κ3) is 5.31. The van der Waals surface area contributed by atoms with Crippen LogP contribution in [0.4, 0.5) is 4.79 Å². The fourth-order valence-corrected chi connectivity index (χ4v) is 5.83. The fraction of sp³-hybridized carbons (Fsp3) is 0.344. The van der Waals surface area contributed by atoms with Crippen LogP contribution in [0.3, 0.4) is 0 Å². The molecule has 2 amide bonds. The molecule has 4 heterocycles. The van der Waals surface area contributed by atoms with Gasteiger partial charge in [0.2, 0.25) is 5.91 Å². The molecule has 6 rings (SSSR count). The Morgan fingerprint density at radius 2 is 1.71 bits per heavy atom. The summed E-state index contributed by atoms with van der Waals surface area (Å²) in [5.74, 6) is 0.498. The van der Waals surface area contributed by atoms with E-state index < -0.39 is 18.2 Å². The highest BCUT2D eigenvalue weighted by molar-refractivity contribution is 5.87. The lowest BCUT2D eigenvalue weighted by Crippen LogP contribution is -2.54. The maximum atomic E-state index is 13.5. The van der Waals surface area contributed by atoms with E-state index in [-0.39, 0.29) is 11.9 Å². The molecular formula is C32H35N5O5. The summed E-state index contributed by atoms with van der Waals surface area (Å²) in [5, 5.41) is 2.62. The highest BCUT2D eigenvalue weighted by Gasteiger charge is 2.38. The molecule has 1 saturated heterocycles. The van der Waals surface area contributed by atoms with Gasteiger partial charge in [-0.05, 0) is 42.0 Å². The Labute approximate surface area is 244 Å². The van der Waals surface area contributed by atoms with E-state index in [1.165, 1.54) is 25.3 Å². The summed E-state index contributed by atoms with van der Waals surface area (Å²) < 4.78 is 15.7. The van der Waals surface area contributed by atoms with Crippen molar-refractivity contribution in [3.05, 3.63) is 77.9 Å². The first-order chi connectivity index (χ1) is 20.5. The number of fused-ring (bicyclic) bond motifs is 1. The van der Waals surface area contributed by atoms with Crippen molar-refractivity contribution >= 4 is 12.0 Å². The van der Waals surface area contributed by atoms with E-state index in [2.05, 4.69) is 68.8 Å². The molecule has 10 heteroatoms. The summed E-state index contributed by atoms with van der Waals surface area (Å²) in [7, 11) is 2.78. The topological polar surface area (TPSA) is 122 Å². The van der Waals surface area contributed by atoms with Crippen LogP contribution in [0, 0.1) is 0 Å². The van der Waals surface area contributed by atoms with Crippen molar-refractivity contribution in [3.8, 4) is 33.6 Å². The van der Waals surface area contributed by atoms with Crippen molar-refractivity contribution in [1.29, 1.82) is 0 Å². The number of hydrogen-bond donors (Lipinski definition) is 3. The van der Waals surface area contributed by atoms with Gasteiger partial charge in [-0.3, -0.25) is 4.79 Å². The number of methoxy groups -OCH3 is 2. The van der Waals surface area contributed by atoms with Crippen LogP contribution >= 0.6 is 0 Å². The largest absolute Gasteiger partial charge is 0.453 e. The number of benzene rings is 2. The third-order valence-corrected chi connectivity index (χ3v) is 8.30. The zero-order valence-electron chi connectivity index (χ0n) is 24.0. The van der Waals surface area contributed by atoms with Gasteiger partial charge in [-0.25, -0.2) is 9.78 Å². The van der Waals surface area contributed by atoms with Gasteiger partial charge in [-0.15, -0.1) is 0 Å². The van der Waals surface area contributed by atoms with E-state index in [1.54, 1.807) is 18.0 Å². The second kappa shape index (κ2) is 11.8. The Balaban J connectivity index is 1.16. The third-order valence-electron chi connectivity index (χ3n) is 8.30. The molecule has 0 bridgehead atoms. The number of alkyl carbamates (subject to hydrolysis) is 1. The molecule has 3 atom stereocenters. The van der Waals surface area contributed by atoms with Crippen molar-refractivity contribution in [2.24, 2.45) is 0 Å². The van der Waals surface area contributed by atoms with E-state index in [9.17, 15) is 9.59 Å². The van der Waals surface area contributed by atoms with Crippen molar-refractivity contribution < 1.29 is 23.8 Å². The van der Waals surface area contributed by atoms with Crippen LogP contribution in [-0.2, 0) is 32.2 Å². The molecule has 2 aliphatic heterocycles. The number of imidazole rings is 1. The van der Waals surface area contributed by atoms with Crippen LogP contribution < -0.4 is 5.32 Å². The number of rotatable bonds is 8. The van der Waals surface area contributed by atoms with E-state index in [4.69, 9.17) is 14.2 Å². The lowest BCUT2D eigenvalue weighted by atomic mass is 10.00. The second-order valence-corrected chi connectivity index (χ2v) is 10.7. The molecule has 2 aliphatic rings. The summed E-state index contributed by atoms with van der Waals surface area (Å²) in [4.78, 5) is 38.6. The smallest absolute Gasteiger partial charge is 0.407 e. The van der Waals surface area contributed by atoms with Crippen LogP contribution in [0.5, 0.6) is 0 Å². The predicted octanol–water partition coefficient (Wildman–Crippen LogP) is 5.19. The SMILES string of the molecule is COC(=O)N[C@H](C(=O)N1CCC[C@H]1c1ncc(-c2ccc(-c3ccc(-c4[nH]cc5c4COC5)cc3)cc2)[nH]1)[C@@H](C)OC. The molecular weight excluding hydrogens is 534 g/mol. The lowest BCUT2D eigenvalue weighted by Gasteiger charge is -2.30. The van der Waals surface area contributed by atoms with Crippen LogP contribution in [0.15, 0.2) is 60.9 Å². The number of ether oxygens (including phenoxy) is 3. The van der Waals surface area contributed by atoms with Crippen molar-refractivity contribution in [2.75, 3.05) is 20.8 Å². The summed E-state index contributed by atoms with van der Waals surface area (Å²) in [5.41, 5.74) is 8.90. The molecule has 0 aliphatic carbocycles. The lowest BCUT2D eigenvalue weighted by molar-refractivity contribution is -0.137. The average Bonchev–Trinajstić information content (AvgIpc) is 3.84. The van der Waals surface area contributed by atoms with Gasteiger partial charge in [0.25, 0.3) is 0 Å². The number of nitrogens with zero attached hydrogens (tertiary/aromatic N) is 2. The molecule has 42 heavy (non-hydrogen) atoms. The summed E-state index contributed by atoms with van der Waals surface area (Å²) in [6.07, 6.45) is 4.26. The molecule has 2 aromatic heterocycles. The molecule has 4 aromatic rings. The van der Waals surface area contributed by atoms with Gasteiger partial charge in [0, 0.05) is 31.0 Å². The number of nitrogens with one attached hydrogen (secondary N) is 3. The normalized spacial score (nSPS) is 17.6. The van der Waals surface area contributed by atoms with Crippen LogP contribution in [0.1, 0.15) is 42.8 Å². The van der Waals surface area contributed by atoms with E-state index >= 15 is 0 Å². The van der Waals surface area contributed by atoms with Gasteiger partial charge in [0.15, 0.2) is 0 Å². The van der Waals surface area contributed by atoms with Crippen molar-refractivity contribution in [1.82, 2.24) is 25.2 Å². The average molecular weight is 570 g/mol. The maximum Gasteiger partial charge on any atom is 0.407 e. The number of aromatic amines is 2. The van der Waals surface area contributed by atoms with Gasteiger partial charge in [-0.1, -0.05) is 48.5 Å². The van der Waals surface area contributed by atoms with Gasteiger partial charge in [0.1, 0.15) is 11.9 Å².